The van der Waals surface area contributed by atoms with Crippen molar-refractivity contribution < 1.29 is 9.15 Å². The molecule has 3 aromatic rings. The Bertz CT molecular complexity index is 882. The van der Waals surface area contributed by atoms with Gasteiger partial charge in [0.1, 0.15) is 5.76 Å². The molecule has 1 aliphatic rings. The summed E-state index contributed by atoms with van der Waals surface area (Å²) in [6, 6.07) is 7.81. The van der Waals surface area contributed by atoms with Gasteiger partial charge in [0.05, 0.1) is 30.5 Å². The molecule has 0 bridgehead atoms. The topological polar surface area (TPSA) is 82.1 Å². The molecule has 0 unspecified atom stereocenters. The van der Waals surface area contributed by atoms with Crippen LogP contribution in [0.3, 0.4) is 0 Å². The van der Waals surface area contributed by atoms with Gasteiger partial charge in [-0.05, 0) is 73.9 Å². The minimum atomic E-state index is -0.246. The molecule has 8 heteroatoms. The summed E-state index contributed by atoms with van der Waals surface area (Å²) in [7, 11) is 0. The summed E-state index contributed by atoms with van der Waals surface area (Å²) >= 11 is 0. The number of pyridine rings is 1. The van der Waals surface area contributed by atoms with Crippen LogP contribution in [0.15, 0.2) is 47.3 Å². The van der Waals surface area contributed by atoms with E-state index in [-0.39, 0.29) is 17.7 Å². The summed E-state index contributed by atoms with van der Waals surface area (Å²) < 4.78 is 13.5. The molecule has 1 fully saturated rings. The molecule has 0 amide bonds. The molecule has 0 aliphatic carbocycles. The highest BCUT2D eigenvalue weighted by molar-refractivity contribution is 5.23. The molecule has 2 atom stereocenters. The molecule has 3 aromatic heterocycles. The van der Waals surface area contributed by atoms with Crippen LogP contribution >= 0.6 is 0 Å². The van der Waals surface area contributed by atoms with Crippen LogP contribution in [0.5, 0.6) is 0 Å². The average molecular weight is 396 g/mol. The minimum absolute atomic E-state index is 0.151. The van der Waals surface area contributed by atoms with Gasteiger partial charge >= 0.3 is 0 Å². The van der Waals surface area contributed by atoms with Crippen molar-refractivity contribution in [2.75, 3.05) is 13.2 Å². The molecule has 0 N–H and O–H groups in total. The van der Waals surface area contributed by atoms with E-state index in [1.165, 1.54) is 0 Å². The SMILES string of the molecule is CC(C)(C)n1nnnc1[C@H](c1ccncc1)N(Cc1ccco1)C[C@H]1CCCO1. The lowest BCUT2D eigenvalue weighted by Gasteiger charge is -2.33. The van der Waals surface area contributed by atoms with E-state index in [0.717, 1.165) is 43.1 Å². The standard InChI is InChI=1S/C21H28N6O2/c1-21(2,3)27-20(23-24-25-27)19(16-8-10-22-11-9-16)26(14-17-6-4-12-28-17)15-18-7-5-13-29-18/h4,6,8-12,18-19H,5,7,13-15H2,1-3H3/t18-,19+/m1/s1. The van der Waals surface area contributed by atoms with Crippen LogP contribution < -0.4 is 0 Å². The lowest BCUT2D eigenvalue weighted by atomic mass is 10.0. The van der Waals surface area contributed by atoms with Crippen LogP contribution in [0.2, 0.25) is 0 Å². The summed E-state index contributed by atoms with van der Waals surface area (Å²) in [4.78, 5) is 6.54. The molecule has 0 radical (unpaired) electrons. The van der Waals surface area contributed by atoms with Gasteiger partial charge in [0.2, 0.25) is 0 Å². The maximum absolute atomic E-state index is 5.96. The number of hydrogen-bond acceptors (Lipinski definition) is 7. The molecule has 0 spiro atoms. The number of hydrogen-bond donors (Lipinski definition) is 0. The largest absolute Gasteiger partial charge is 0.468 e. The number of rotatable bonds is 7. The zero-order chi connectivity index (χ0) is 20.3. The second-order valence-electron chi connectivity index (χ2n) is 8.45. The highest BCUT2D eigenvalue weighted by atomic mass is 16.5. The quantitative estimate of drug-likeness (QED) is 0.606. The van der Waals surface area contributed by atoms with Crippen molar-refractivity contribution in [2.45, 2.75) is 57.8 Å². The Balaban J connectivity index is 1.76. The predicted octanol–water partition coefficient (Wildman–Crippen LogP) is 3.19. The van der Waals surface area contributed by atoms with Gasteiger partial charge in [-0.15, -0.1) is 5.10 Å². The molecular formula is C21H28N6O2. The zero-order valence-electron chi connectivity index (χ0n) is 17.2. The fraction of sp³-hybridized carbons (Fsp3) is 0.524. The van der Waals surface area contributed by atoms with Crippen molar-refractivity contribution in [3.05, 3.63) is 60.1 Å². The Hall–Kier alpha value is -2.58. The van der Waals surface area contributed by atoms with E-state index in [1.54, 1.807) is 6.26 Å². The van der Waals surface area contributed by atoms with Crippen molar-refractivity contribution in [2.24, 2.45) is 0 Å². The van der Waals surface area contributed by atoms with Gasteiger partial charge in [-0.1, -0.05) is 0 Å². The lowest BCUT2D eigenvalue weighted by Crippen LogP contribution is -2.38. The fourth-order valence-electron chi connectivity index (χ4n) is 3.83. The molecule has 0 aromatic carbocycles. The second-order valence-corrected chi connectivity index (χ2v) is 8.45. The van der Waals surface area contributed by atoms with Crippen molar-refractivity contribution in [3.8, 4) is 0 Å². The van der Waals surface area contributed by atoms with E-state index in [2.05, 4.69) is 46.2 Å². The number of aromatic nitrogens is 5. The first-order chi connectivity index (χ1) is 14.0. The van der Waals surface area contributed by atoms with Crippen LogP contribution in [-0.4, -0.2) is 49.3 Å². The molecular weight excluding hydrogens is 368 g/mol. The highest BCUT2D eigenvalue weighted by Gasteiger charge is 2.33. The van der Waals surface area contributed by atoms with E-state index >= 15 is 0 Å². The Labute approximate surface area is 170 Å². The average Bonchev–Trinajstić information content (AvgIpc) is 3.45. The van der Waals surface area contributed by atoms with Crippen LogP contribution in [-0.2, 0) is 16.8 Å². The Kier molecular flexibility index (Phi) is 5.73. The first kappa shape index (κ1) is 19.7. The summed E-state index contributed by atoms with van der Waals surface area (Å²) in [6.07, 6.45) is 7.67. The molecule has 8 nitrogen and oxygen atoms in total. The summed E-state index contributed by atoms with van der Waals surface area (Å²) in [5.74, 6) is 1.70. The zero-order valence-corrected chi connectivity index (χ0v) is 17.2. The van der Waals surface area contributed by atoms with Crippen molar-refractivity contribution in [1.82, 2.24) is 30.1 Å². The van der Waals surface area contributed by atoms with Gasteiger partial charge in [0.15, 0.2) is 5.82 Å². The second kappa shape index (κ2) is 8.42. The molecule has 0 saturated carbocycles. The third-order valence-corrected chi connectivity index (χ3v) is 5.16. The smallest absolute Gasteiger partial charge is 0.173 e. The summed E-state index contributed by atoms with van der Waals surface area (Å²) in [6.45, 7) is 8.54. The Morgan fingerprint density at radius 2 is 2.07 bits per heavy atom. The van der Waals surface area contributed by atoms with Crippen LogP contribution in [0, 0.1) is 0 Å². The molecule has 4 rings (SSSR count). The number of nitrogens with zero attached hydrogens (tertiary/aromatic N) is 6. The Morgan fingerprint density at radius 3 is 2.72 bits per heavy atom. The number of tetrazole rings is 1. The Morgan fingerprint density at radius 1 is 1.24 bits per heavy atom. The third-order valence-electron chi connectivity index (χ3n) is 5.16. The summed E-state index contributed by atoms with van der Waals surface area (Å²) in [5.41, 5.74) is 0.842. The minimum Gasteiger partial charge on any atom is -0.468 e. The maximum atomic E-state index is 5.96. The lowest BCUT2D eigenvalue weighted by molar-refractivity contribution is 0.0538. The van der Waals surface area contributed by atoms with Crippen molar-refractivity contribution in [1.29, 1.82) is 0 Å². The fourth-order valence-corrected chi connectivity index (χ4v) is 3.83. The number of ether oxygens (including phenoxy) is 1. The summed E-state index contributed by atoms with van der Waals surface area (Å²) in [5, 5.41) is 12.8. The monoisotopic (exact) mass is 396 g/mol. The molecule has 1 aliphatic heterocycles. The maximum Gasteiger partial charge on any atom is 0.173 e. The van der Waals surface area contributed by atoms with Crippen LogP contribution in [0.25, 0.3) is 0 Å². The van der Waals surface area contributed by atoms with Gasteiger partial charge in [0, 0.05) is 25.5 Å². The van der Waals surface area contributed by atoms with E-state index in [1.807, 2.05) is 41.3 Å². The molecule has 1 saturated heterocycles. The normalized spacial score (nSPS) is 18.4. The van der Waals surface area contributed by atoms with Gasteiger partial charge in [-0.25, -0.2) is 4.68 Å². The van der Waals surface area contributed by atoms with Crippen LogP contribution in [0.4, 0.5) is 0 Å². The van der Waals surface area contributed by atoms with Crippen LogP contribution in [0.1, 0.15) is 56.8 Å². The predicted molar refractivity (Wildman–Crippen MR) is 107 cm³/mol. The van der Waals surface area contributed by atoms with E-state index in [0.29, 0.717) is 6.54 Å². The first-order valence-corrected chi connectivity index (χ1v) is 10.1. The molecule has 4 heterocycles. The van der Waals surface area contributed by atoms with Gasteiger partial charge in [-0.2, -0.15) is 0 Å². The van der Waals surface area contributed by atoms with Gasteiger partial charge in [0.25, 0.3) is 0 Å². The highest BCUT2D eigenvalue weighted by Crippen LogP contribution is 2.32. The molecule has 29 heavy (non-hydrogen) atoms. The van der Waals surface area contributed by atoms with Gasteiger partial charge in [-0.3, -0.25) is 9.88 Å². The number of furan rings is 1. The van der Waals surface area contributed by atoms with E-state index in [9.17, 15) is 0 Å². The van der Waals surface area contributed by atoms with E-state index < -0.39 is 0 Å². The van der Waals surface area contributed by atoms with Crippen molar-refractivity contribution in [3.63, 3.8) is 0 Å². The molecule has 154 valence electrons. The van der Waals surface area contributed by atoms with Crippen molar-refractivity contribution >= 4 is 0 Å². The first-order valence-electron chi connectivity index (χ1n) is 10.1. The third kappa shape index (κ3) is 4.54. The van der Waals surface area contributed by atoms with Gasteiger partial charge < -0.3 is 9.15 Å². The van der Waals surface area contributed by atoms with E-state index in [4.69, 9.17) is 9.15 Å².